The first kappa shape index (κ1) is 13.2. The van der Waals surface area contributed by atoms with E-state index in [4.69, 9.17) is 0 Å². The molecule has 0 fully saturated rings. The predicted octanol–water partition coefficient (Wildman–Crippen LogP) is 3.97. The summed E-state index contributed by atoms with van der Waals surface area (Å²) in [5.74, 6) is 0.580. The van der Waals surface area contributed by atoms with E-state index < -0.39 is 0 Å². The average Bonchev–Trinajstić information content (AvgIpc) is 2.90. The van der Waals surface area contributed by atoms with E-state index in [1.54, 1.807) is 11.3 Å². The molecule has 0 aliphatic rings. The third-order valence-corrected chi connectivity index (χ3v) is 3.70. The minimum absolute atomic E-state index is 0.211. The molecule has 0 radical (unpaired) electrons. The largest absolute Gasteiger partial charge is 0.305 e. The topological polar surface area (TPSA) is 24.9 Å². The number of aromatic nitrogens is 1. The van der Waals surface area contributed by atoms with Gasteiger partial charge in [0.15, 0.2) is 0 Å². The molecule has 2 aromatic rings. The van der Waals surface area contributed by atoms with Crippen molar-refractivity contribution in [1.29, 1.82) is 0 Å². The van der Waals surface area contributed by atoms with E-state index in [0.29, 0.717) is 5.92 Å². The number of thiazole rings is 1. The fourth-order valence-electron chi connectivity index (χ4n) is 2.04. The van der Waals surface area contributed by atoms with Crippen LogP contribution in [0, 0.1) is 0 Å². The van der Waals surface area contributed by atoms with Crippen LogP contribution >= 0.6 is 11.3 Å². The van der Waals surface area contributed by atoms with Crippen molar-refractivity contribution in [2.75, 3.05) is 6.54 Å². The van der Waals surface area contributed by atoms with Crippen molar-refractivity contribution in [3.05, 3.63) is 52.0 Å². The van der Waals surface area contributed by atoms with E-state index in [0.717, 1.165) is 12.2 Å². The lowest BCUT2D eigenvalue weighted by Gasteiger charge is -2.17. The Balaban J connectivity index is 2.26. The molecule has 1 unspecified atom stereocenters. The fraction of sp³-hybridized carbons (Fsp3) is 0.400. The third kappa shape index (κ3) is 2.98. The van der Waals surface area contributed by atoms with Gasteiger partial charge in [0.1, 0.15) is 0 Å². The highest BCUT2D eigenvalue weighted by Gasteiger charge is 2.14. The average molecular weight is 260 g/mol. The zero-order valence-electron chi connectivity index (χ0n) is 11.2. The zero-order chi connectivity index (χ0) is 13.0. The molecule has 1 aromatic carbocycles. The van der Waals surface area contributed by atoms with Crippen LogP contribution in [0.3, 0.4) is 0 Å². The number of hydrogen-bond donors (Lipinski definition) is 1. The van der Waals surface area contributed by atoms with E-state index in [1.807, 2.05) is 5.51 Å². The van der Waals surface area contributed by atoms with E-state index in [2.05, 4.69) is 60.7 Å². The second-order valence-corrected chi connectivity index (χ2v) is 5.44. The SMILES string of the molecule is CCNC(c1ccc(C(C)C)cc1)c1cscn1. The molecule has 1 N–H and O–H groups in total. The molecule has 1 atom stereocenters. The summed E-state index contributed by atoms with van der Waals surface area (Å²) in [6.45, 7) is 7.50. The van der Waals surface area contributed by atoms with Gasteiger partial charge in [-0.25, -0.2) is 4.98 Å². The summed E-state index contributed by atoms with van der Waals surface area (Å²) in [6, 6.07) is 9.07. The van der Waals surface area contributed by atoms with Gasteiger partial charge in [-0.3, -0.25) is 0 Å². The van der Waals surface area contributed by atoms with Crippen molar-refractivity contribution in [2.24, 2.45) is 0 Å². The monoisotopic (exact) mass is 260 g/mol. The summed E-state index contributed by atoms with van der Waals surface area (Å²) in [5.41, 5.74) is 5.67. The van der Waals surface area contributed by atoms with Crippen LogP contribution in [0.4, 0.5) is 0 Å². The molecule has 0 aliphatic carbocycles. The summed E-state index contributed by atoms with van der Waals surface area (Å²) in [6.07, 6.45) is 0. The standard InChI is InChI=1S/C15H20N2S/c1-4-16-15(14-9-18-10-17-14)13-7-5-12(6-8-13)11(2)3/h5-11,15-16H,4H2,1-3H3. The van der Waals surface area contributed by atoms with Crippen LogP contribution in [0.15, 0.2) is 35.2 Å². The first-order chi connectivity index (χ1) is 8.72. The molecule has 3 heteroatoms. The molecular formula is C15H20N2S. The summed E-state index contributed by atoms with van der Waals surface area (Å²) in [5, 5.41) is 5.61. The van der Waals surface area contributed by atoms with Gasteiger partial charge >= 0.3 is 0 Å². The van der Waals surface area contributed by atoms with Crippen molar-refractivity contribution in [3.8, 4) is 0 Å². The molecule has 1 aromatic heterocycles. The lowest BCUT2D eigenvalue weighted by Crippen LogP contribution is -2.22. The molecule has 2 rings (SSSR count). The van der Waals surface area contributed by atoms with E-state index in [-0.39, 0.29) is 6.04 Å². The van der Waals surface area contributed by atoms with E-state index in [1.165, 1.54) is 11.1 Å². The van der Waals surface area contributed by atoms with Gasteiger partial charge in [-0.2, -0.15) is 0 Å². The molecule has 96 valence electrons. The summed E-state index contributed by atoms with van der Waals surface area (Å²) in [4.78, 5) is 4.43. The van der Waals surface area contributed by atoms with Gasteiger partial charge < -0.3 is 5.32 Å². The van der Waals surface area contributed by atoms with Gasteiger partial charge in [0.25, 0.3) is 0 Å². The van der Waals surface area contributed by atoms with Gasteiger partial charge in [0.2, 0.25) is 0 Å². The molecule has 18 heavy (non-hydrogen) atoms. The van der Waals surface area contributed by atoms with Crippen LogP contribution in [0.1, 0.15) is 49.6 Å². The smallest absolute Gasteiger partial charge is 0.0795 e. The number of nitrogens with one attached hydrogen (secondary N) is 1. The van der Waals surface area contributed by atoms with Crippen LogP contribution < -0.4 is 5.32 Å². The molecule has 0 aliphatic heterocycles. The molecule has 0 saturated carbocycles. The zero-order valence-corrected chi connectivity index (χ0v) is 12.0. The Bertz CT molecular complexity index is 460. The van der Waals surface area contributed by atoms with Crippen LogP contribution in [0.2, 0.25) is 0 Å². The Hall–Kier alpha value is -1.19. The van der Waals surface area contributed by atoms with Gasteiger partial charge in [0, 0.05) is 5.38 Å². The maximum Gasteiger partial charge on any atom is 0.0795 e. The van der Waals surface area contributed by atoms with Gasteiger partial charge in [0.05, 0.1) is 17.2 Å². The summed E-state index contributed by atoms with van der Waals surface area (Å²) in [7, 11) is 0. The van der Waals surface area contributed by atoms with Crippen molar-refractivity contribution >= 4 is 11.3 Å². The molecule has 0 spiro atoms. The Labute approximate surface area is 113 Å². The predicted molar refractivity (Wildman–Crippen MR) is 78.2 cm³/mol. The van der Waals surface area contributed by atoms with Crippen LogP contribution in [0.5, 0.6) is 0 Å². The lowest BCUT2D eigenvalue weighted by atomic mass is 9.98. The molecular weight excluding hydrogens is 240 g/mol. The van der Waals surface area contributed by atoms with Crippen LogP contribution in [-0.2, 0) is 0 Å². The Kier molecular flexibility index (Phi) is 4.50. The minimum atomic E-state index is 0.211. The Morgan fingerprint density at radius 3 is 2.33 bits per heavy atom. The number of nitrogens with zero attached hydrogens (tertiary/aromatic N) is 1. The quantitative estimate of drug-likeness (QED) is 0.880. The van der Waals surface area contributed by atoms with Gasteiger partial charge in [-0.1, -0.05) is 45.0 Å². The molecule has 0 saturated heterocycles. The Morgan fingerprint density at radius 1 is 1.17 bits per heavy atom. The van der Waals surface area contributed by atoms with E-state index >= 15 is 0 Å². The lowest BCUT2D eigenvalue weighted by molar-refractivity contribution is 0.618. The van der Waals surface area contributed by atoms with Crippen molar-refractivity contribution in [2.45, 2.75) is 32.7 Å². The fourth-order valence-corrected chi connectivity index (χ4v) is 2.61. The maximum absolute atomic E-state index is 4.43. The van der Waals surface area contributed by atoms with Gasteiger partial charge in [-0.05, 0) is 23.6 Å². The number of hydrogen-bond acceptors (Lipinski definition) is 3. The van der Waals surface area contributed by atoms with Crippen molar-refractivity contribution in [3.63, 3.8) is 0 Å². The molecule has 2 nitrogen and oxygen atoms in total. The first-order valence-electron chi connectivity index (χ1n) is 6.43. The van der Waals surface area contributed by atoms with Crippen molar-refractivity contribution < 1.29 is 0 Å². The highest BCUT2D eigenvalue weighted by molar-refractivity contribution is 7.07. The second-order valence-electron chi connectivity index (χ2n) is 4.73. The highest BCUT2D eigenvalue weighted by atomic mass is 32.1. The van der Waals surface area contributed by atoms with Crippen LogP contribution in [0.25, 0.3) is 0 Å². The summed E-state index contributed by atoms with van der Waals surface area (Å²) >= 11 is 1.65. The molecule has 1 heterocycles. The Morgan fingerprint density at radius 2 is 1.83 bits per heavy atom. The third-order valence-electron chi connectivity index (χ3n) is 3.09. The van der Waals surface area contributed by atoms with Crippen LogP contribution in [-0.4, -0.2) is 11.5 Å². The second kappa shape index (κ2) is 6.12. The molecule has 0 bridgehead atoms. The summed E-state index contributed by atoms with van der Waals surface area (Å²) < 4.78 is 0. The normalized spacial score (nSPS) is 12.9. The van der Waals surface area contributed by atoms with Gasteiger partial charge in [-0.15, -0.1) is 11.3 Å². The van der Waals surface area contributed by atoms with Crippen molar-refractivity contribution in [1.82, 2.24) is 10.3 Å². The highest BCUT2D eigenvalue weighted by Crippen LogP contribution is 2.24. The minimum Gasteiger partial charge on any atom is -0.305 e. The number of benzene rings is 1. The number of rotatable bonds is 5. The molecule has 0 amide bonds. The first-order valence-corrected chi connectivity index (χ1v) is 7.38. The van der Waals surface area contributed by atoms with E-state index in [9.17, 15) is 0 Å². The maximum atomic E-state index is 4.43.